The Morgan fingerprint density at radius 1 is 1.60 bits per heavy atom. The minimum atomic E-state index is -1.04. The summed E-state index contributed by atoms with van der Waals surface area (Å²) in [4.78, 5) is 10.7. The SMILES string of the molecule is Cc1cc(COCC(C)C)oc1C(=O)O. The second kappa shape index (κ2) is 4.98. The lowest BCUT2D eigenvalue weighted by molar-refractivity contribution is 0.0634. The van der Waals surface area contributed by atoms with E-state index >= 15 is 0 Å². The van der Waals surface area contributed by atoms with E-state index in [1.54, 1.807) is 13.0 Å². The fourth-order valence-electron chi connectivity index (χ4n) is 1.23. The molecule has 84 valence electrons. The lowest BCUT2D eigenvalue weighted by Crippen LogP contribution is -2.01. The van der Waals surface area contributed by atoms with Gasteiger partial charge < -0.3 is 14.3 Å². The molecule has 0 bridgehead atoms. The first-order valence-corrected chi connectivity index (χ1v) is 4.91. The molecule has 0 saturated heterocycles. The van der Waals surface area contributed by atoms with E-state index in [1.807, 2.05) is 0 Å². The molecule has 4 nitrogen and oxygen atoms in total. The smallest absolute Gasteiger partial charge is 0.372 e. The predicted molar refractivity (Wildman–Crippen MR) is 54.9 cm³/mol. The number of ether oxygens (including phenoxy) is 1. The van der Waals surface area contributed by atoms with E-state index in [0.717, 1.165) is 0 Å². The van der Waals surface area contributed by atoms with Crippen LogP contribution in [0.25, 0.3) is 0 Å². The molecular weight excluding hydrogens is 196 g/mol. The largest absolute Gasteiger partial charge is 0.475 e. The van der Waals surface area contributed by atoms with Crippen molar-refractivity contribution in [3.63, 3.8) is 0 Å². The molecule has 0 radical (unpaired) electrons. The quantitative estimate of drug-likeness (QED) is 0.814. The molecule has 15 heavy (non-hydrogen) atoms. The van der Waals surface area contributed by atoms with Crippen molar-refractivity contribution in [1.82, 2.24) is 0 Å². The van der Waals surface area contributed by atoms with Crippen molar-refractivity contribution >= 4 is 5.97 Å². The van der Waals surface area contributed by atoms with Gasteiger partial charge in [0.1, 0.15) is 12.4 Å². The highest BCUT2D eigenvalue weighted by Crippen LogP contribution is 2.15. The minimum Gasteiger partial charge on any atom is -0.475 e. The molecule has 0 aliphatic carbocycles. The molecule has 0 aromatic carbocycles. The molecule has 0 amide bonds. The van der Waals surface area contributed by atoms with Gasteiger partial charge in [0.25, 0.3) is 0 Å². The van der Waals surface area contributed by atoms with Gasteiger partial charge in [0.2, 0.25) is 5.76 Å². The number of carboxylic acid groups (broad SMARTS) is 1. The summed E-state index contributed by atoms with van der Waals surface area (Å²) in [5.74, 6) is -0.0219. The molecule has 0 unspecified atom stereocenters. The van der Waals surface area contributed by atoms with Crippen LogP contribution in [0, 0.1) is 12.8 Å². The van der Waals surface area contributed by atoms with E-state index in [0.29, 0.717) is 30.5 Å². The third kappa shape index (κ3) is 3.40. The molecule has 1 aromatic heterocycles. The Bertz CT molecular complexity index is 338. The third-order valence-corrected chi connectivity index (χ3v) is 1.86. The van der Waals surface area contributed by atoms with Crippen molar-refractivity contribution in [2.45, 2.75) is 27.4 Å². The standard InChI is InChI=1S/C11H16O4/c1-7(2)5-14-6-9-4-8(3)10(15-9)11(12)13/h4,7H,5-6H2,1-3H3,(H,12,13). The molecule has 0 aliphatic heterocycles. The summed E-state index contributed by atoms with van der Waals surface area (Å²) in [6.45, 7) is 6.78. The van der Waals surface area contributed by atoms with Gasteiger partial charge in [-0.05, 0) is 18.9 Å². The molecule has 1 heterocycles. The van der Waals surface area contributed by atoms with E-state index in [-0.39, 0.29) is 5.76 Å². The first-order valence-electron chi connectivity index (χ1n) is 4.91. The van der Waals surface area contributed by atoms with Crippen LogP contribution in [0.3, 0.4) is 0 Å². The average Bonchev–Trinajstić information content (AvgIpc) is 2.46. The lowest BCUT2D eigenvalue weighted by Gasteiger charge is -2.04. The van der Waals surface area contributed by atoms with Gasteiger partial charge in [-0.25, -0.2) is 4.79 Å². The minimum absolute atomic E-state index is 0.00172. The monoisotopic (exact) mass is 212 g/mol. The third-order valence-electron chi connectivity index (χ3n) is 1.86. The normalized spacial score (nSPS) is 10.9. The number of aryl methyl sites for hydroxylation is 1. The van der Waals surface area contributed by atoms with Crippen LogP contribution >= 0.6 is 0 Å². The van der Waals surface area contributed by atoms with Crippen LogP contribution in [0.2, 0.25) is 0 Å². The van der Waals surface area contributed by atoms with Crippen LogP contribution in [0.1, 0.15) is 35.7 Å². The fraction of sp³-hybridized carbons (Fsp3) is 0.545. The van der Waals surface area contributed by atoms with Crippen molar-refractivity contribution < 1.29 is 19.1 Å². The van der Waals surface area contributed by atoms with Gasteiger partial charge in [0.05, 0.1) is 0 Å². The van der Waals surface area contributed by atoms with E-state index in [1.165, 1.54) is 0 Å². The van der Waals surface area contributed by atoms with Crippen LogP contribution in [0.4, 0.5) is 0 Å². The van der Waals surface area contributed by atoms with E-state index < -0.39 is 5.97 Å². The molecule has 0 saturated carbocycles. The number of aromatic carboxylic acids is 1. The van der Waals surface area contributed by atoms with Gasteiger partial charge in [0, 0.05) is 12.2 Å². The fourth-order valence-corrected chi connectivity index (χ4v) is 1.23. The summed E-state index contributed by atoms with van der Waals surface area (Å²) in [5, 5.41) is 8.76. The number of carboxylic acids is 1. The predicted octanol–water partition coefficient (Wildman–Crippen LogP) is 2.46. The molecule has 4 heteroatoms. The van der Waals surface area contributed by atoms with Gasteiger partial charge in [0.15, 0.2) is 0 Å². The number of rotatable bonds is 5. The Labute approximate surface area is 88.8 Å². The first kappa shape index (κ1) is 11.8. The van der Waals surface area contributed by atoms with Crippen LogP contribution in [0.5, 0.6) is 0 Å². The number of furan rings is 1. The lowest BCUT2D eigenvalue weighted by atomic mass is 10.2. The number of hydrogen-bond acceptors (Lipinski definition) is 3. The maximum Gasteiger partial charge on any atom is 0.372 e. The molecule has 0 aliphatic rings. The van der Waals surface area contributed by atoms with E-state index in [4.69, 9.17) is 14.3 Å². The van der Waals surface area contributed by atoms with Gasteiger partial charge in [-0.15, -0.1) is 0 Å². The maximum atomic E-state index is 10.7. The summed E-state index contributed by atoms with van der Waals surface area (Å²) in [6, 6.07) is 1.70. The first-order chi connectivity index (χ1) is 7.00. The molecular formula is C11H16O4. The zero-order valence-corrected chi connectivity index (χ0v) is 9.24. The Hall–Kier alpha value is -1.29. The molecule has 1 N–H and O–H groups in total. The molecule has 0 fully saturated rings. The average molecular weight is 212 g/mol. The van der Waals surface area contributed by atoms with Crippen molar-refractivity contribution in [3.8, 4) is 0 Å². The van der Waals surface area contributed by atoms with Gasteiger partial charge in [-0.1, -0.05) is 13.8 Å². The van der Waals surface area contributed by atoms with Crippen molar-refractivity contribution in [1.29, 1.82) is 0 Å². The topological polar surface area (TPSA) is 59.7 Å². The highest BCUT2D eigenvalue weighted by molar-refractivity contribution is 5.86. The summed E-state index contributed by atoms with van der Waals surface area (Å²) >= 11 is 0. The summed E-state index contributed by atoms with van der Waals surface area (Å²) in [6.07, 6.45) is 0. The molecule has 0 atom stereocenters. The van der Waals surface area contributed by atoms with Gasteiger partial charge in [-0.3, -0.25) is 0 Å². The van der Waals surface area contributed by atoms with Gasteiger partial charge >= 0.3 is 5.97 Å². The van der Waals surface area contributed by atoms with Crippen LogP contribution in [-0.2, 0) is 11.3 Å². The molecule has 1 rings (SSSR count). The van der Waals surface area contributed by atoms with Crippen LogP contribution in [-0.4, -0.2) is 17.7 Å². The van der Waals surface area contributed by atoms with E-state index in [9.17, 15) is 4.79 Å². The van der Waals surface area contributed by atoms with Crippen molar-refractivity contribution in [2.24, 2.45) is 5.92 Å². The Morgan fingerprint density at radius 3 is 2.73 bits per heavy atom. The number of carbonyl (C=O) groups is 1. The Morgan fingerprint density at radius 2 is 2.27 bits per heavy atom. The zero-order chi connectivity index (χ0) is 11.4. The zero-order valence-electron chi connectivity index (χ0n) is 9.24. The summed E-state index contributed by atoms with van der Waals surface area (Å²) < 4.78 is 10.5. The molecule has 0 spiro atoms. The van der Waals surface area contributed by atoms with Crippen LogP contribution in [0.15, 0.2) is 10.5 Å². The van der Waals surface area contributed by atoms with Crippen molar-refractivity contribution in [2.75, 3.05) is 6.61 Å². The van der Waals surface area contributed by atoms with Crippen molar-refractivity contribution in [3.05, 3.63) is 23.2 Å². The maximum absolute atomic E-state index is 10.7. The van der Waals surface area contributed by atoms with Gasteiger partial charge in [-0.2, -0.15) is 0 Å². The Kier molecular flexibility index (Phi) is 3.91. The van der Waals surface area contributed by atoms with Crippen LogP contribution < -0.4 is 0 Å². The summed E-state index contributed by atoms with van der Waals surface area (Å²) in [7, 11) is 0. The summed E-state index contributed by atoms with van der Waals surface area (Å²) in [5.41, 5.74) is 0.630. The second-order valence-corrected chi connectivity index (χ2v) is 3.94. The van der Waals surface area contributed by atoms with E-state index in [2.05, 4.69) is 13.8 Å². The highest BCUT2D eigenvalue weighted by atomic mass is 16.5. The molecule has 1 aromatic rings. The number of hydrogen-bond donors (Lipinski definition) is 1. The second-order valence-electron chi connectivity index (χ2n) is 3.94. The highest BCUT2D eigenvalue weighted by Gasteiger charge is 2.14. The Balaban J connectivity index is 2.56.